The van der Waals surface area contributed by atoms with Gasteiger partial charge in [0.2, 0.25) is 5.91 Å². The summed E-state index contributed by atoms with van der Waals surface area (Å²) in [6.45, 7) is 6.87. The first-order valence-electron chi connectivity index (χ1n) is 6.92. The molecule has 1 aliphatic heterocycles. The van der Waals surface area contributed by atoms with Crippen molar-refractivity contribution in [2.45, 2.75) is 65.0 Å². The van der Waals surface area contributed by atoms with Gasteiger partial charge < -0.3 is 15.2 Å². The smallest absolute Gasteiger partial charge is 0.326 e. The number of hydrogen-bond donors (Lipinski definition) is 2. The number of carbonyl (C=O) groups is 2. The molecule has 0 bridgehead atoms. The van der Waals surface area contributed by atoms with Crippen molar-refractivity contribution in [1.29, 1.82) is 0 Å². The van der Waals surface area contributed by atoms with E-state index in [0.717, 1.165) is 19.3 Å². The van der Waals surface area contributed by atoms with E-state index in [9.17, 15) is 9.59 Å². The third-order valence-corrected chi connectivity index (χ3v) is 3.25. The highest BCUT2D eigenvalue weighted by atomic mass is 16.5. The van der Waals surface area contributed by atoms with Gasteiger partial charge in [0.1, 0.15) is 6.04 Å². The van der Waals surface area contributed by atoms with Gasteiger partial charge in [-0.15, -0.1) is 0 Å². The Hall–Kier alpha value is -1.10. The zero-order valence-corrected chi connectivity index (χ0v) is 12.1. The van der Waals surface area contributed by atoms with E-state index in [1.54, 1.807) is 0 Å². The molecule has 1 aliphatic rings. The van der Waals surface area contributed by atoms with E-state index in [-0.39, 0.29) is 23.8 Å². The van der Waals surface area contributed by atoms with E-state index in [1.807, 2.05) is 0 Å². The Balaban J connectivity index is 2.39. The Bertz CT molecular complexity index is 316. The van der Waals surface area contributed by atoms with Crippen LogP contribution in [0.5, 0.6) is 0 Å². The summed E-state index contributed by atoms with van der Waals surface area (Å²) in [6.07, 6.45) is 3.29. The second-order valence-electron chi connectivity index (χ2n) is 6.40. The summed E-state index contributed by atoms with van der Waals surface area (Å²) >= 11 is 0. The number of carboxylic acid groups (broad SMARTS) is 1. The minimum atomic E-state index is -0.968. The molecular formula is C14H25NO4. The quantitative estimate of drug-likeness (QED) is 0.774. The lowest BCUT2D eigenvalue weighted by atomic mass is 9.88. The predicted octanol–water partition coefficient (Wildman–Crippen LogP) is 1.95. The molecule has 0 radical (unpaired) electrons. The van der Waals surface area contributed by atoms with E-state index < -0.39 is 12.0 Å². The lowest BCUT2D eigenvalue weighted by molar-refractivity contribution is -0.142. The molecule has 0 saturated carbocycles. The highest BCUT2D eigenvalue weighted by Gasteiger charge is 2.25. The van der Waals surface area contributed by atoms with Crippen LogP contribution in [0.1, 0.15) is 52.9 Å². The van der Waals surface area contributed by atoms with Crippen LogP contribution < -0.4 is 5.32 Å². The first-order chi connectivity index (χ1) is 8.78. The summed E-state index contributed by atoms with van der Waals surface area (Å²) in [5, 5.41) is 11.7. The van der Waals surface area contributed by atoms with Gasteiger partial charge in [0.15, 0.2) is 0 Å². The highest BCUT2D eigenvalue weighted by Crippen LogP contribution is 2.22. The van der Waals surface area contributed by atoms with Crippen molar-refractivity contribution in [3.8, 4) is 0 Å². The van der Waals surface area contributed by atoms with Gasteiger partial charge in [-0.3, -0.25) is 4.79 Å². The normalized spacial score (nSPS) is 21.1. The van der Waals surface area contributed by atoms with Crippen molar-refractivity contribution in [3.63, 3.8) is 0 Å². The average molecular weight is 271 g/mol. The Morgan fingerprint density at radius 2 is 2.11 bits per heavy atom. The predicted molar refractivity (Wildman–Crippen MR) is 71.8 cm³/mol. The molecule has 0 spiro atoms. The van der Waals surface area contributed by atoms with Crippen LogP contribution in [0.3, 0.4) is 0 Å². The maximum absolute atomic E-state index is 11.8. The number of carbonyl (C=O) groups excluding carboxylic acids is 1. The fraction of sp³-hybridized carbons (Fsp3) is 0.857. The highest BCUT2D eigenvalue weighted by molar-refractivity contribution is 5.83. The second kappa shape index (κ2) is 6.89. The first kappa shape index (κ1) is 16.0. The van der Waals surface area contributed by atoms with Crippen LogP contribution in [0.4, 0.5) is 0 Å². The second-order valence-corrected chi connectivity index (χ2v) is 6.40. The van der Waals surface area contributed by atoms with Crippen molar-refractivity contribution in [3.05, 3.63) is 0 Å². The summed E-state index contributed by atoms with van der Waals surface area (Å²) in [7, 11) is 0. The number of hydrogen-bond acceptors (Lipinski definition) is 3. The fourth-order valence-corrected chi connectivity index (χ4v) is 2.10. The van der Waals surface area contributed by atoms with Crippen LogP contribution >= 0.6 is 0 Å². The molecule has 0 aliphatic carbocycles. The number of amides is 1. The molecule has 2 unspecified atom stereocenters. The van der Waals surface area contributed by atoms with Crippen molar-refractivity contribution in [2.24, 2.45) is 5.41 Å². The molecule has 2 atom stereocenters. The first-order valence-corrected chi connectivity index (χ1v) is 6.92. The number of aliphatic carboxylic acids is 1. The molecule has 1 amide bonds. The van der Waals surface area contributed by atoms with Gasteiger partial charge in [-0.1, -0.05) is 20.8 Å². The molecule has 1 rings (SSSR count). The van der Waals surface area contributed by atoms with Crippen LogP contribution in [0.2, 0.25) is 0 Å². The maximum atomic E-state index is 11.8. The lowest BCUT2D eigenvalue weighted by Crippen LogP contribution is -2.42. The molecule has 1 saturated heterocycles. The molecule has 2 N–H and O–H groups in total. The lowest BCUT2D eigenvalue weighted by Gasteiger charge is -2.22. The number of rotatable bonds is 6. The van der Waals surface area contributed by atoms with Gasteiger partial charge in [0.25, 0.3) is 0 Å². The van der Waals surface area contributed by atoms with E-state index in [2.05, 4.69) is 26.1 Å². The number of nitrogens with one attached hydrogen (secondary N) is 1. The number of carboxylic acids is 1. The van der Waals surface area contributed by atoms with Crippen LogP contribution in [-0.2, 0) is 14.3 Å². The molecule has 1 fully saturated rings. The third-order valence-electron chi connectivity index (χ3n) is 3.25. The van der Waals surface area contributed by atoms with E-state index >= 15 is 0 Å². The zero-order valence-electron chi connectivity index (χ0n) is 12.1. The molecule has 1 heterocycles. The summed E-state index contributed by atoms with van der Waals surface area (Å²) in [5.74, 6) is -1.20. The molecule has 110 valence electrons. The van der Waals surface area contributed by atoms with Gasteiger partial charge in [-0.05, 0) is 31.1 Å². The number of ether oxygens (including phenoxy) is 1. The van der Waals surface area contributed by atoms with Gasteiger partial charge in [-0.25, -0.2) is 4.79 Å². The van der Waals surface area contributed by atoms with Crippen LogP contribution in [0.15, 0.2) is 0 Å². The molecular weight excluding hydrogens is 246 g/mol. The van der Waals surface area contributed by atoms with Crippen LogP contribution in [0.25, 0.3) is 0 Å². The maximum Gasteiger partial charge on any atom is 0.326 e. The summed E-state index contributed by atoms with van der Waals surface area (Å²) in [5.41, 5.74) is 0.0625. The minimum absolute atomic E-state index is 0.0444. The molecule has 5 heteroatoms. The monoisotopic (exact) mass is 271 g/mol. The minimum Gasteiger partial charge on any atom is -0.480 e. The van der Waals surface area contributed by atoms with E-state index in [4.69, 9.17) is 9.84 Å². The molecule has 0 aromatic heterocycles. The Kier molecular flexibility index (Phi) is 5.79. The van der Waals surface area contributed by atoms with Crippen molar-refractivity contribution in [1.82, 2.24) is 5.32 Å². The zero-order chi connectivity index (χ0) is 14.5. The third kappa shape index (κ3) is 6.57. The van der Waals surface area contributed by atoms with Gasteiger partial charge in [0.05, 0.1) is 12.5 Å². The van der Waals surface area contributed by atoms with Crippen molar-refractivity contribution < 1.29 is 19.4 Å². The Labute approximate surface area is 114 Å². The standard InChI is InChI=1S/C14H25NO4/c1-14(2,3)7-6-11(13(17)18)15-12(16)9-10-5-4-8-19-10/h10-11H,4-9H2,1-3H3,(H,15,16)(H,17,18). The molecule has 0 aromatic rings. The van der Waals surface area contributed by atoms with Crippen LogP contribution in [-0.4, -0.2) is 35.7 Å². The van der Waals surface area contributed by atoms with Gasteiger partial charge in [0, 0.05) is 6.61 Å². The average Bonchev–Trinajstić information content (AvgIpc) is 2.75. The SMILES string of the molecule is CC(C)(C)CCC(NC(=O)CC1CCCO1)C(=O)O. The summed E-state index contributed by atoms with van der Waals surface area (Å²) in [6, 6.07) is -0.798. The molecule has 0 aromatic carbocycles. The van der Waals surface area contributed by atoms with E-state index in [0.29, 0.717) is 13.0 Å². The van der Waals surface area contributed by atoms with Crippen molar-refractivity contribution in [2.75, 3.05) is 6.61 Å². The summed E-state index contributed by atoms with van der Waals surface area (Å²) < 4.78 is 5.37. The Morgan fingerprint density at radius 1 is 1.42 bits per heavy atom. The van der Waals surface area contributed by atoms with Crippen molar-refractivity contribution >= 4 is 11.9 Å². The van der Waals surface area contributed by atoms with E-state index in [1.165, 1.54) is 0 Å². The Morgan fingerprint density at radius 3 is 2.58 bits per heavy atom. The van der Waals surface area contributed by atoms with Crippen LogP contribution in [0, 0.1) is 5.41 Å². The molecule has 5 nitrogen and oxygen atoms in total. The fourth-order valence-electron chi connectivity index (χ4n) is 2.10. The van der Waals surface area contributed by atoms with Gasteiger partial charge in [-0.2, -0.15) is 0 Å². The summed E-state index contributed by atoms with van der Waals surface area (Å²) in [4.78, 5) is 22.9. The largest absolute Gasteiger partial charge is 0.480 e. The van der Waals surface area contributed by atoms with Gasteiger partial charge >= 0.3 is 5.97 Å². The topological polar surface area (TPSA) is 75.6 Å². The molecule has 19 heavy (non-hydrogen) atoms.